The van der Waals surface area contributed by atoms with Gasteiger partial charge < -0.3 is 10.1 Å². The van der Waals surface area contributed by atoms with Crippen molar-refractivity contribution < 1.29 is 14.3 Å². The Labute approximate surface area is 131 Å². The smallest absolute Gasteiger partial charge is 0.341 e. The lowest BCUT2D eigenvalue weighted by atomic mass is 9.95. The zero-order valence-electron chi connectivity index (χ0n) is 12.1. The molecule has 0 fully saturated rings. The van der Waals surface area contributed by atoms with E-state index in [0.29, 0.717) is 17.2 Å². The van der Waals surface area contributed by atoms with Crippen molar-refractivity contribution in [2.24, 2.45) is 0 Å². The Balaban J connectivity index is 1.94. The fourth-order valence-corrected chi connectivity index (χ4v) is 3.82. The molecular weight excluding hydrogens is 304 g/mol. The van der Waals surface area contributed by atoms with Crippen LogP contribution in [0.2, 0.25) is 0 Å². The van der Waals surface area contributed by atoms with Crippen LogP contribution in [-0.2, 0) is 17.6 Å². The molecule has 2 N–H and O–H groups in total. The first-order valence-electron chi connectivity index (χ1n) is 7.19. The summed E-state index contributed by atoms with van der Waals surface area (Å²) >= 11 is 1.45. The number of ether oxygens (including phenoxy) is 1. The Morgan fingerprint density at radius 1 is 1.41 bits per heavy atom. The van der Waals surface area contributed by atoms with E-state index in [9.17, 15) is 9.59 Å². The first-order chi connectivity index (χ1) is 10.7. The van der Waals surface area contributed by atoms with E-state index >= 15 is 0 Å². The van der Waals surface area contributed by atoms with Crippen molar-refractivity contribution in [3.8, 4) is 0 Å². The second-order valence-electron chi connectivity index (χ2n) is 4.92. The Hall–Kier alpha value is -2.22. The SMILES string of the molecule is CCOC(=O)c1c(NC(=O)c2ncn[nH]2)sc2c1CCCC2. The Bertz CT molecular complexity index is 693. The monoisotopic (exact) mass is 320 g/mol. The van der Waals surface area contributed by atoms with Gasteiger partial charge in [0.25, 0.3) is 5.91 Å². The van der Waals surface area contributed by atoms with Crippen LogP contribution in [0.4, 0.5) is 5.00 Å². The fourth-order valence-electron chi connectivity index (χ4n) is 2.55. The predicted molar refractivity (Wildman–Crippen MR) is 81.3 cm³/mol. The predicted octanol–water partition coefficient (Wildman–Crippen LogP) is 2.17. The van der Waals surface area contributed by atoms with Crippen molar-refractivity contribution in [1.29, 1.82) is 0 Å². The van der Waals surface area contributed by atoms with Crippen LogP contribution >= 0.6 is 11.3 Å². The number of esters is 1. The van der Waals surface area contributed by atoms with Gasteiger partial charge in [-0.05, 0) is 38.2 Å². The maximum absolute atomic E-state index is 12.3. The number of aromatic amines is 1. The molecule has 0 aromatic carbocycles. The summed E-state index contributed by atoms with van der Waals surface area (Å²) < 4.78 is 5.15. The van der Waals surface area contributed by atoms with Crippen LogP contribution in [0, 0.1) is 0 Å². The maximum Gasteiger partial charge on any atom is 0.341 e. The van der Waals surface area contributed by atoms with Gasteiger partial charge in [0.1, 0.15) is 11.3 Å². The van der Waals surface area contributed by atoms with E-state index in [2.05, 4.69) is 20.5 Å². The van der Waals surface area contributed by atoms with Crippen LogP contribution in [0.15, 0.2) is 6.33 Å². The third kappa shape index (κ3) is 2.74. The van der Waals surface area contributed by atoms with Gasteiger partial charge in [-0.2, -0.15) is 5.10 Å². The van der Waals surface area contributed by atoms with Crippen molar-refractivity contribution in [1.82, 2.24) is 15.2 Å². The number of amides is 1. The molecule has 0 atom stereocenters. The van der Waals surface area contributed by atoms with Gasteiger partial charge in [-0.15, -0.1) is 11.3 Å². The lowest BCUT2D eigenvalue weighted by molar-refractivity contribution is 0.0526. The molecule has 0 aliphatic heterocycles. The number of thiophene rings is 1. The Kier molecular flexibility index (Phi) is 4.19. The molecule has 0 unspecified atom stereocenters. The highest BCUT2D eigenvalue weighted by Gasteiger charge is 2.27. The van der Waals surface area contributed by atoms with Crippen LogP contribution < -0.4 is 5.32 Å². The van der Waals surface area contributed by atoms with Crippen LogP contribution in [-0.4, -0.2) is 33.7 Å². The van der Waals surface area contributed by atoms with Crippen LogP contribution in [0.3, 0.4) is 0 Å². The summed E-state index contributed by atoms with van der Waals surface area (Å²) in [6, 6.07) is 0. The second kappa shape index (κ2) is 6.27. The summed E-state index contributed by atoms with van der Waals surface area (Å²) in [5.41, 5.74) is 1.51. The number of aromatic nitrogens is 3. The lowest BCUT2D eigenvalue weighted by Gasteiger charge is -2.12. The summed E-state index contributed by atoms with van der Waals surface area (Å²) in [4.78, 5) is 29.4. The first kappa shape index (κ1) is 14.7. The number of nitrogens with zero attached hydrogens (tertiary/aromatic N) is 2. The molecule has 1 aliphatic rings. The van der Waals surface area contributed by atoms with Crippen molar-refractivity contribution >= 4 is 28.2 Å². The normalized spacial score (nSPS) is 13.5. The van der Waals surface area contributed by atoms with Crippen LogP contribution in [0.1, 0.15) is 51.2 Å². The Morgan fingerprint density at radius 3 is 2.95 bits per heavy atom. The number of hydrogen-bond acceptors (Lipinski definition) is 6. The fraction of sp³-hybridized carbons (Fsp3) is 0.429. The number of rotatable bonds is 4. The number of H-pyrrole nitrogens is 1. The third-order valence-electron chi connectivity index (χ3n) is 3.51. The minimum atomic E-state index is -0.415. The van der Waals surface area contributed by atoms with Crippen molar-refractivity contribution in [2.75, 3.05) is 11.9 Å². The molecule has 0 spiro atoms. The van der Waals surface area contributed by atoms with Gasteiger partial charge >= 0.3 is 5.97 Å². The number of hydrogen-bond donors (Lipinski definition) is 2. The van der Waals surface area contributed by atoms with Crippen molar-refractivity contribution in [2.45, 2.75) is 32.6 Å². The molecule has 0 saturated heterocycles. The molecule has 3 rings (SSSR count). The van der Waals surface area contributed by atoms with E-state index in [4.69, 9.17) is 4.74 Å². The summed E-state index contributed by atoms with van der Waals surface area (Å²) in [5, 5.41) is 9.45. The topological polar surface area (TPSA) is 97.0 Å². The molecule has 22 heavy (non-hydrogen) atoms. The number of nitrogens with one attached hydrogen (secondary N) is 2. The Morgan fingerprint density at radius 2 is 2.23 bits per heavy atom. The van der Waals surface area contributed by atoms with E-state index in [0.717, 1.165) is 36.1 Å². The molecule has 1 aliphatic carbocycles. The van der Waals surface area contributed by atoms with Gasteiger partial charge in [-0.25, -0.2) is 9.78 Å². The van der Waals surface area contributed by atoms with E-state index in [1.807, 2.05) is 0 Å². The zero-order valence-corrected chi connectivity index (χ0v) is 13.0. The largest absolute Gasteiger partial charge is 0.462 e. The first-order valence-corrected chi connectivity index (χ1v) is 8.00. The van der Waals surface area contributed by atoms with Gasteiger partial charge in [0.2, 0.25) is 5.82 Å². The average molecular weight is 320 g/mol. The molecule has 7 nitrogen and oxygen atoms in total. The van der Waals surface area contributed by atoms with Gasteiger partial charge in [-0.3, -0.25) is 9.89 Å². The molecule has 8 heteroatoms. The summed E-state index contributed by atoms with van der Waals surface area (Å²) in [5.74, 6) is -0.683. The molecule has 2 aromatic heterocycles. The summed E-state index contributed by atoms with van der Waals surface area (Å²) in [6.45, 7) is 2.07. The lowest BCUT2D eigenvalue weighted by Crippen LogP contribution is -2.16. The number of anilines is 1. The average Bonchev–Trinajstić information content (AvgIpc) is 3.14. The van der Waals surface area contributed by atoms with E-state index in [-0.39, 0.29) is 11.8 Å². The van der Waals surface area contributed by atoms with Gasteiger partial charge in [0.15, 0.2) is 0 Å². The van der Waals surface area contributed by atoms with E-state index in [1.165, 1.54) is 17.7 Å². The molecular formula is C14H16N4O3S. The third-order valence-corrected chi connectivity index (χ3v) is 4.72. The summed E-state index contributed by atoms with van der Waals surface area (Å²) in [7, 11) is 0. The molecule has 0 saturated carbocycles. The highest BCUT2D eigenvalue weighted by molar-refractivity contribution is 7.17. The van der Waals surface area contributed by atoms with E-state index in [1.54, 1.807) is 6.92 Å². The molecule has 2 heterocycles. The quantitative estimate of drug-likeness (QED) is 0.842. The maximum atomic E-state index is 12.3. The van der Waals surface area contributed by atoms with Crippen LogP contribution in [0.5, 0.6) is 0 Å². The molecule has 0 radical (unpaired) electrons. The number of aryl methyl sites for hydroxylation is 1. The van der Waals surface area contributed by atoms with Crippen LogP contribution in [0.25, 0.3) is 0 Å². The highest BCUT2D eigenvalue weighted by Crippen LogP contribution is 2.38. The number of carbonyl (C=O) groups is 2. The zero-order chi connectivity index (χ0) is 15.5. The standard InChI is InChI=1S/C14H16N4O3S/c1-2-21-14(20)10-8-5-3-4-6-9(8)22-13(10)17-12(19)11-15-7-16-18-11/h7H,2-6H2,1H3,(H,17,19)(H,15,16,18). The highest BCUT2D eigenvalue weighted by atomic mass is 32.1. The van der Waals surface area contributed by atoms with Gasteiger partial charge in [-0.1, -0.05) is 0 Å². The van der Waals surface area contributed by atoms with Crippen molar-refractivity contribution in [3.63, 3.8) is 0 Å². The molecule has 1 amide bonds. The number of fused-ring (bicyclic) bond motifs is 1. The minimum Gasteiger partial charge on any atom is -0.462 e. The van der Waals surface area contributed by atoms with Gasteiger partial charge in [0.05, 0.1) is 12.2 Å². The van der Waals surface area contributed by atoms with E-state index < -0.39 is 5.91 Å². The molecule has 2 aromatic rings. The summed E-state index contributed by atoms with van der Waals surface area (Å²) in [6.07, 6.45) is 5.19. The molecule has 116 valence electrons. The van der Waals surface area contributed by atoms with Crippen molar-refractivity contribution in [3.05, 3.63) is 28.2 Å². The molecule has 0 bridgehead atoms. The second-order valence-corrected chi connectivity index (χ2v) is 6.03. The van der Waals surface area contributed by atoms with Gasteiger partial charge in [0, 0.05) is 4.88 Å². The minimum absolute atomic E-state index is 0.112. The number of carbonyl (C=O) groups excluding carboxylic acids is 2.